The second-order valence-electron chi connectivity index (χ2n) is 5.37. The van der Waals surface area contributed by atoms with E-state index in [1.165, 1.54) is 16.9 Å². The number of aromatic nitrogens is 3. The predicted octanol–water partition coefficient (Wildman–Crippen LogP) is 3.92. The van der Waals surface area contributed by atoms with Crippen molar-refractivity contribution in [2.45, 2.75) is 17.9 Å². The summed E-state index contributed by atoms with van der Waals surface area (Å²) in [7, 11) is 1.54. The Hall–Kier alpha value is -2.45. The highest BCUT2D eigenvalue weighted by atomic mass is 32.2. The third kappa shape index (κ3) is 5.27. The number of nitrogens with one attached hydrogen (secondary N) is 1. The van der Waals surface area contributed by atoms with E-state index in [2.05, 4.69) is 44.8 Å². The first kappa shape index (κ1) is 18.3. The Morgan fingerprint density at radius 1 is 1.27 bits per heavy atom. The van der Waals surface area contributed by atoms with Gasteiger partial charge in [0.05, 0.1) is 7.11 Å². The largest absolute Gasteiger partial charge is 0.481 e. The molecule has 3 aromatic rings. The molecular weight excluding hydrogens is 368 g/mol. The minimum atomic E-state index is -0.256. The minimum absolute atomic E-state index is 0.256. The monoisotopic (exact) mass is 386 g/mol. The molecule has 0 radical (unpaired) electrons. The van der Waals surface area contributed by atoms with Gasteiger partial charge in [-0.05, 0) is 30.2 Å². The first-order chi connectivity index (χ1) is 12.7. The second-order valence-corrected chi connectivity index (χ2v) is 7.32. The van der Waals surface area contributed by atoms with Crippen LogP contribution in [0.2, 0.25) is 0 Å². The number of carbonyl (C=O) groups is 1. The highest BCUT2D eigenvalue weighted by Gasteiger charge is 2.12. The summed E-state index contributed by atoms with van der Waals surface area (Å²) in [5.41, 5.74) is 3.37. The van der Waals surface area contributed by atoms with Gasteiger partial charge >= 0.3 is 0 Å². The Kier molecular flexibility index (Phi) is 6.56. The maximum Gasteiger partial charge on any atom is 0.257 e. The van der Waals surface area contributed by atoms with Crippen LogP contribution in [-0.4, -0.2) is 34.0 Å². The molecule has 1 aromatic carbocycles. The summed E-state index contributed by atoms with van der Waals surface area (Å²) in [6, 6.07) is 13.8. The van der Waals surface area contributed by atoms with Crippen LogP contribution in [0.25, 0.3) is 0 Å². The Bertz CT molecular complexity index is 842. The number of hydrogen-bond donors (Lipinski definition) is 1. The van der Waals surface area contributed by atoms with E-state index < -0.39 is 0 Å². The average Bonchev–Trinajstić information content (AvgIpc) is 3.19. The smallest absolute Gasteiger partial charge is 0.257 e. The van der Waals surface area contributed by atoms with Crippen LogP contribution >= 0.6 is 23.1 Å². The SMILES string of the molecule is COc1cc(C(=O)Nc2nncs2)cc(SCCCc2ccccc2)n1. The summed E-state index contributed by atoms with van der Waals surface area (Å²) in [5.74, 6) is 1.07. The molecule has 6 nitrogen and oxygen atoms in total. The number of hydrogen-bond acceptors (Lipinski definition) is 7. The van der Waals surface area contributed by atoms with E-state index in [0.717, 1.165) is 23.6 Å². The van der Waals surface area contributed by atoms with Gasteiger partial charge in [0.25, 0.3) is 5.91 Å². The molecule has 134 valence electrons. The molecule has 0 saturated heterocycles. The summed E-state index contributed by atoms with van der Waals surface area (Å²) < 4.78 is 5.23. The lowest BCUT2D eigenvalue weighted by Crippen LogP contribution is -2.12. The molecule has 0 spiro atoms. The summed E-state index contributed by atoms with van der Waals surface area (Å²) >= 11 is 2.88. The Labute approximate surface area is 160 Å². The number of benzene rings is 1. The molecule has 26 heavy (non-hydrogen) atoms. The van der Waals surface area contributed by atoms with Gasteiger partial charge in [0, 0.05) is 11.6 Å². The molecule has 0 fully saturated rings. The van der Waals surface area contributed by atoms with Crippen LogP contribution in [0.1, 0.15) is 22.3 Å². The van der Waals surface area contributed by atoms with Crippen LogP contribution in [-0.2, 0) is 6.42 Å². The number of amides is 1. The van der Waals surface area contributed by atoms with E-state index in [9.17, 15) is 4.79 Å². The Morgan fingerprint density at radius 2 is 2.12 bits per heavy atom. The van der Waals surface area contributed by atoms with Gasteiger partial charge in [0.15, 0.2) is 0 Å². The maximum atomic E-state index is 12.4. The molecule has 0 aliphatic carbocycles. The van der Waals surface area contributed by atoms with Crippen molar-refractivity contribution in [3.8, 4) is 5.88 Å². The second kappa shape index (κ2) is 9.30. The van der Waals surface area contributed by atoms with Crippen molar-refractivity contribution in [1.29, 1.82) is 0 Å². The molecule has 0 bridgehead atoms. The normalized spacial score (nSPS) is 10.5. The zero-order valence-corrected chi connectivity index (χ0v) is 15.8. The van der Waals surface area contributed by atoms with Gasteiger partial charge in [-0.15, -0.1) is 22.0 Å². The Morgan fingerprint density at radius 3 is 2.85 bits per heavy atom. The molecule has 1 amide bonds. The van der Waals surface area contributed by atoms with Gasteiger partial charge in [-0.25, -0.2) is 4.98 Å². The standard InChI is InChI=1S/C18H18N4O2S2/c1-24-15-10-14(17(23)21-18-22-19-12-26-18)11-16(20-15)25-9-5-8-13-6-3-2-4-7-13/h2-4,6-7,10-12H,5,8-9H2,1H3,(H,21,22,23). The third-order valence-electron chi connectivity index (χ3n) is 3.53. The lowest BCUT2D eigenvalue weighted by atomic mass is 10.1. The first-order valence-corrected chi connectivity index (χ1v) is 9.91. The quantitative estimate of drug-likeness (QED) is 0.467. The molecule has 0 aliphatic heterocycles. The van der Waals surface area contributed by atoms with Crippen LogP contribution in [0.3, 0.4) is 0 Å². The van der Waals surface area contributed by atoms with Gasteiger partial charge in [-0.2, -0.15) is 0 Å². The fourth-order valence-electron chi connectivity index (χ4n) is 2.29. The number of nitrogens with zero attached hydrogens (tertiary/aromatic N) is 3. The van der Waals surface area contributed by atoms with Crippen LogP contribution in [0, 0.1) is 0 Å². The van der Waals surface area contributed by atoms with E-state index in [-0.39, 0.29) is 5.91 Å². The number of ether oxygens (including phenoxy) is 1. The topological polar surface area (TPSA) is 77.0 Å². The van der Waals surface area contributed by atoms with Gasteiger partial charge in [0.2, 0.25) is 11.0 Å². The maximum absolute atomic E-state index is 12.4. The number of aryl methyl sites for hydroxylation is 1. The van der Waals surface area contributed by atoms with Crippen molar-refractivity contribution in [1.82, 2.24) is 15.2 Å². The number of carbonyl (C=O) groups excluding carboxylic acids is 1. The van der Waals surface area contributed by atoms with Gasteiger partial charge < -0.3 is 4.74 Å². The molecule has 3 rings (SSSR count). The molecule has 8 heteroatoms. The van der Waals surface area contributed by atoms with Crippen molar-refractivity contribution in [2.24, 2.45) is 0 Å². The zero-order valence-electron chi connectivity index (χ0n) is 14.2. The minimum Gasteiger partial charge on any atom is -0.481 e. The van der Waals surface area contributed by atoms with Crippen LogP contribution in [0.15, 0.2) is 53.0 Å². The summed E-state index contributed by atoms with van der Waals surface area (Å²) in [5, 5.41) is 11.5. The number of thioether (sulfide) groups is 1. The van der Waals surface area contributed by atoms with Crippen molar-refractivity contribution < 1.29 is 9.53 Å². The van der Waals surface area contributed by atoms with E-state index in [4.69, 9.17) is 4.74 Å². The van der Waals surface area contributed by atoms with Gasteiger partial charge in [0.1, 0.15) is 10.5 Å². The number of rotatable bonds is 8. The van der Waals surface area contributed by atoms with E-state index >= 15 is 0 Å². The number of pyridine rings is 1. The first-order valence-electron chi connectivity index (χ1n) is 8.05. The molecule has 0 unspecified atom stereocenters. The van der Waals surface area contributed by atoms with Crippen molar-refractivity contribution in [3.05, 3.63) is 59.1 Å². The van der Waals surface area contributed by atoms with E-state index in [0.29, 0.717) is 16.6 Å². The fraction of sp³-hybridized carbons (Fsp3) is 0.222. The summed E-state index contributed by atoms with van der Waals surface area (Å²) in [6.45, 7) is 0. The van der Waals surface area contributed by atoms with Crippen LogP contribution in [0.5, 0.6) is 5.88 Å². The van der Waals surface area contributed by atoms with Crippen molar-refractivity contribution >= 4 is 34.1 Å². The van der Waals surface area contributed by atoms with Crippen molar-refractivity contribution in [2.75, 3.05) is 18.2 Å². The highest BCUT2D eigenvalue weighted by molar-refractivity contribution is 7.99. The average molecular weight is 387 g/mol. The number of methoxy groups -OCH3 is 1. The lowest BCUT2D eigenvalue weighted by Gasteiger charge is -2.08. The predicted molar refractivity (Wildman–Crippen MR) is 104 cm³/mol. The molecule has 2 heterocycles. The highest BCUT2D eigenvalue weighted by Crippen LogP contribution is 2.23. The van der Waals surface area contributed by atoms with E-state index in [1.54, 1.807) is 36.5 Å². The Balaban J connectivity index is 1.60. The summed E-state index contributed by atoms with van der Waals surface area (Å²) in [6.07, 6.45) is 2.04. The summed E-state index contributed by atoms with van der Waals surface area (Å²) in [4.78, 5) is 16.8. The van der Waals surface area contributed by atoms with Crippen LogP contribution < -0.4 is 10.1 Å². The molecule has 0 saturated carbocycles. The molecule has 0 atom stereocenters. The van der Waals surface area contributed by atoms with Crippen molar-refractivity contribution in [3.63, 3.8) is 0 Å². The van der Waals surface area contributed by atoms with Gasteiger partial charge in [-0.1, -0.05) is 41.7 Å². The fourth-order valence-corrected chi connectivity index (χ4v) is 3.59. The molecule has 2 aromatic heterocycles. The number of anilines is 1. The van der Waals surface area contributed by atoms with Gasteiger partial charge in [-0.3, -0.25) is 10.1 Å². The lowest BCUT2D eigenvalue weighted by molar-refractivity contribution is 0.102. The van der Waals surface area contributed by atoms with E-state index in [1.807, 2.05) is 6.07 Å². The molecular formula is C18H18N4O2S2. The third-order valence-corrected chi connectivity index (χ3v) is 5.14. The van der Waals surface area contributed by atoms with Crippen LogP contribution in [0.4, 0.5) is 5.13 Å². The zero-order chi connectivity index (χ0) is 18.2. The molecule has 0 aliphatic rings. The molecule has 1 N–H and O–H groups in total.